The number of hydrogen-bond donors (Lipinski definition) is 0. The van der Waals surface area contributed by atoms with Gasteiger partial charge in [-0.2, -0.15) is 0 Å². The fourth-order valence-electron chi connectivity index (χ4n) is 5.95. The molecule has 4 aromatic carbocycles. The van der Waals surface area contributed by atoms with Crippen molar-refractivity contribution >= 4 is 85.6 Å². The lowest BCUT2D eigenvalue weighted by atomic mass is 9.72. The summed E-state index contributed by atoms with van der Waals surface area (Å²) in [4.78, 5) is 27.7. The van der Waals surface area contributed by atoms with Crippen LogP contribution in [0.1, 0.15) is 23.0 Å². The van der Waals surface area contributed by atoms with Crippen molar-refractivity contribution in [1.82, 2.24) is 4.90 Å². The number of imide groups is 1. The van der Waals surface area contributed by atoms with Gasteiger partial charge in [-0.1, -0.05) is 48.5 Å². The lowest BCUT2D eigenvalue weighted by molar-refractivity contribution is -0.137. The third-order valence-electron chi connectivity index (χ3n) is 7.34. The average molecular weight is 450 g/mol. The summed E-state index contributed by atoms with van der Waals surface area (Å²) in [7, 11) is 1.63. The van der Waals surface area contributed by atoms with E-state index in [1.165, 1.54) is 45.2 Å². The van der Waals surface area contributed by atoms with Gasteiger partial charge >= 0.3 is 0 Å². The van der Waals surface area contributed by atoms with Crippen LogP contribution in [-0.4, -0.2) is 23.8 Å². The van der Waals surface area contributed by atoms with E-state index in [9.17, 15) is 9.59 Å². The smallest absolute Gasteiger partial charge is 0.237 e. The summed E-state index contributed by atoms with van der Waals surface area (Å²) in [6.07, 6.45) is 0. The molecule has 2 unspecified atom stereocenters. The first kappa shape index (κ1) is 17.3. The van der Waals surface area contributed by atoms with Gasteiger partial charge in [0.2, 0.25) is 11.8 Å². The maximum absolute atomic E-state index is 13.2. The van der Waals surface area contributed by atoms with Gasteiger partial charge < -0.3 is 0 Å². The first-order valence-corrected chi connectivity index (χ1v) is 12.3. The van der Waals surface area contributed by atoms with Gasteiger partial charge in [-0.25, -0.2) is 0 Å². The number of carbonyl (C=O) groups is 2. The highest BCUT2D eigenvalue weighted by atomic mass is 32.1. The van der Waals surface area contributed by atoms with Crippen LogP contribution in [-0.2, 0) is 9.59 Å². The largest absolute Gasteiger partial charge is 0.285 e. The normalized spacial score (nSPS) is 20.1. The number of hydrogen-bond acceptors (Lipinski definition) is 4. The Kier molecular flexibility index (Phi) is 3.00. The van der Waals surface area contributed by atoms with Gasteiger partial charge in [0, 0.05) is 27.2 Å². The average Bonchev–Trinajstić information content (AvgIpc) is 3.43. The number of thiophene rings is 2. The molecule has 0 spiro atoms. The second-order valence-corrected chi connectivity index (χ2v) is 10.9. The molecule has 1 saturated heterocycles. The topological polar surface area (TPSA) is 37.4 Å². The van der Waals surface area contributed by atoms with Crippen LogP contribution in [0.25, 0.3) is 51.1 Å². The summed E-state index contributed by atoms with van der Waals surface area (Å²) in [6, 6.07) is 21.3. The van der Waals surface area contributed by atoms with Crippen molar-refractivity contribution in [2.75, 3.05) is 7.05 Å². The third kappa shape index (κ3) is 1.81. The third-order valence-corrected chi connectivity index (χ3v) is 9.89. The molecule has 3 heterocycles. The minimum atomic E-state index is -0.396. The summed E-state index contributed by atoms with van der Waals surface area (Å²) in [5.74, 6) is -0.921. The maximum Gasteiger partial charge on any atom is 0.237 e. The van der Waals surface area contributed by atoms with E-state index < -0.39 is 5.92 Å². The van der Waals surface area contributed by atoms with Crippen LogP contribution in [0, 0.1) is 0 Å². The van der Waals surface area contributed by atoms with Gasteiger partial charge in [0.1, 0.15) is 0 Å². The highest BCUT2D eigenvalue weighted by Gasteiger charge is 2.53. The van der Waals surface area contributed by atoms with Gasteiger partial charge in [-0.3, -0.25) is 14.5 Å². The van der Waals surface area contributed by atoms with Gasteiger partial charge in [0.15, 0.2) is 0 Å². The van der Waals surface area contributed by atoms with E-state index in [0.29, 0.717) is 0 Å². The Morgan fingerprint density at radius 1 is 0.688 bits per heavy atom. The molecule has 152 valence electrons. The summed E-state index contributed by atoms with van der Waals surface area (Å²) in [5.41, 5.74) is 2.11. The molecule has 9 rings (SSSR count). The zero-order valence-corrected chi connectivity index (χ0v) is 18.6. The van der Waals surface area contributed by atoms with Crippen molar-refractivity contribution in [3.05, 3.63) is 71.8 Å². The molecule has 1 fully saturated rings. The van der Waals surface area contributed by atoms with Gasteiger partial charge in [0.25, 0.3) is 0 Å². The van der Waals surface area contributed by atoms with E-state index in [1.54, 1.807) is 18.4 Å². The van der Waals surface area contributed by atoms with Crippen molar-refractivity contribution in [1.29, 1.82) is 0 Å². The number of amides is 2. The van der Waals surface area contributed by atoms with Gasteiger partial charge in [-0.15, -0.1) is 22.7 Å². The van der Waals surface area contributed by atoms with Crippen molar-refractivity contribution in [2.45, 2.75) is 11.8 Å². The zero-order valence-electron chi connectivity index (χ0n) is 17.0. The highest BCUT2D eigenvalue weighted by molar-refractivity contribution is 7.36. The maximum atomic E-state index is 13.2. The predicted octanol–water partition coefficient (Wildman–Crippen LogP) is 6.76. The van der Waals surface area contributed by atoms with Crippen LogP contribution in [0.2, 0.25) is 0 Å². The molecule has 0 radical (unpaired) electrons. The Morgan fingerprint density at radius 2 is 1.31 bits per heavy atom. The van der Waals surface area contributed by atoms with Crippen LogP contribution in [0.15, 0.2) is 60.7 Å². The molecule has 2 bridgehead atoms. The predicted molar refractivity (Wildman–Crippen MR) is 133 cm³/mol. The number of carbonyl (C=O) groups excluding carboxylic acids is 2. The lowest BCUT2D eigenvalue weighted by Gasteiger charge is -2.28. The Labute approximate surface area is 190 Å². The molecule has 0 saturated carbocycles. The van der Waals surface area contributed by atoms with Gasteiger partial charge in [0.05, 0.1) is 21.2 Å². The summed E-state index contributed by atoms with van der Waals surface area (Å²) in [6.45, 7) is 0. The standard InChI is InChI=1S/C27H15NO2S2/c1-28-26(29)20-18-14-8-4-5-9-15(14)19(21(20)27(28)30)24-22(18)25-23(32-24)16-10-12-6-2-3-7-13(12)11-17(16)31-25/h2-11,20-21H,1H3. The molecular formula is C27H15NO2S2. The fourth-order valence-corrected chi connectivity index (χ4v) is 8.86. The summed E-state index contributed by atoms with van der Waals surface area (Å²) in [5, 5.41) is 7.19. The van der Waals surface area contributed by atoms with E-state index in [0.717, 1.165) is 21.9 Å². The second-order valence-electron chi connectivity index (χ2n) is 8.83. The molecule has 1 aliphatic heterocycles. The first-order chi connectivity index (χ1) is 15.6. The van der Waals surface area contributed by atoms with Crippen molar-refractivity contribution in [3.63, 3.8) is 0 Å². The number of nitrogens with zero attached hydrogens (tertiary/aromatic N) is 1. The number of fused-ring (bicyclic) bond motifs is 4. The minimum absolute atomic E-state index is 0.0692. The fraction of sp³-hybridized carbons (Fsp3) is 0.111. The molecule has 2 amide bonds. The molecule has 5 heteroatoms. The van der Waals surface area contributed by atoms with E-state index in [4.69, 9.17) is 0 Å². The van der Waals surface area contributed by atoms with E-state index >= 15 is 0 Å². The Balaban J connectivity index is 1.61. The van der Waals surface area contributed by atoms with Crippen LogP contribution in [0.3, 0.4) is 0 Å². The molecular weight excluding hydrogens is 434 g/mol. The SMILES string of the molecule is CN1C(=O)C2c3c4ccccc4c(c4c3sc3c5cc6ccccc6cc5sc34)C2C1=O. The molecule has 6 aromatic rings. The molecule has 32 heavy (non-hydrogen) atoms. The number of likely N-dealkylation sites (tertiary alicyclic amines) is 1. The number of likely N-dealkylation sites (N-methyl/N-ethyl adjacent to an activating group) is 1. The number of rotatable bonds is 0. The van der Waals surface area contributed by atoms with Crippen LogP contribution in [0.4, 0.5) is 0 Å². The van der Waals surface area contributed by atoms with Crippen LogP contribution >= 0.6 is 22.7 Å². The second kappa shape index (κ2) is 5.55. The Morgan fingerprint density at radius 3 is 2.06 bits per heavy atom. The van der Waals surface area contributed by atoms with E-state index in [1.807, 2.05) is 23.5 Å². The summed E-state index contributed by atoms with van der Waals surface area (Å²) < 4.78 is 4.99. The van der Waals surface area contributed by atoms with Crippen LogP contribution < -0.4 is 0 Å². The van der Waals surface area contributed by atoms with Crippen molar-refractivity contribution in [3.8, 4) is 0 Å². The molecule has 2 aliphatic carbocycles. The first-order valence-electron chi connectivity index (χ1n) is 10.7. The summed E-state index contributed by atoms with van der Waals surface area (Å²) >= 11 is 3.61. The van der Waals surface area contributed by atoms with E-state index in [-0.39, 0.29) is 17.7 Å². The van der Waals surface area contributed by atoms with Crippen molar-refractivity contribution < 1.29 is 9.59 Å². The van der Waals surface area contributed by atoms with Crippen LogP contribution in [0.5, 0.6) is 0 Å². The van der Waals surface area contributed by atoms with E-state index in [2.05, 4.69) is 48.5 Å². The quantitative estimate of drug-likeness (QED) is 0.240. The van der Waals surface area contributed by atoms with Gasteiger partial charge in [-0.05, 0) is 44.8 Å². The lowest BCUT2D eigenvalue weighted by Crippen LogP contribution is -2.25. The molecule has 3 nitrogen and oxygen atoms in total. The van der Waals surface area contributed by atoms with Crippen molar-refractivity contribution in [2.24, 2.45) is 0 Å². The minimum Gasteiger partial charge on any atom is -0.285 e. The molecule has 2 atom stereocenters. The Hall–Kier alpha value is -3.28. The Bertz CT molecular complexity index is 1860. The zero-order chi connectivity index (χ0) is 21.3. The molecule has 3 aliphatic rings. The molecule has 0 N–H and O–H groups in total. The highest BCUT2D eigenvalue weighted by Crippen LogP contribution is 2.60. The number of benzene rings is 4. The monoisotopic (exact) mass is 449 g/mol. The molecule has 2 aromatic heterocycles.